The van der Waals surface area contributed by atoms with Gasteiger partial charge in [-0.15, -0.1) is 11.8 Å². The molecule has 4 nitrogen and oxygen atoms in total. The molecule has 0 radical (unpaired) electrons. The van der Waals surface area contributed by atoms with Crippen LogP contribution in [-0.4, -0.2) is 37.0 Å². The minimum absolute atomic E-state index is 0.464. The molecular formula is C11H15NO3S. The van der Waals surface area contributed by atoms with Gasteiger partial charge in [-0.25, -0.2) is 0 Å². The van der Waals surface area contributed by atoms with Crippen LogP contribution < -0.4 is 10.1 Å². The first-order valence-corrected chi connectivity index (χ1v) is 5.83. The van der Waals surface area contributed by atoms with Crippen LogP contribution in [0.1, 0.15) is 0 Å². The van der Waals surface area contributed by atoms with Gasteiger partial charge in [0.1, 0.15) is 11.8 Å². The summed E-state index contributed by atoms with van der Waals surface area (Å²) in [6, 6.07) is 7.01. The maximum absolute atomic E-state index is 10.8. The molecule has 0 aliphatic heterocycles. The Morgan fingerprint density at radius 2 is 2.25 bits per heavy atom. The van der Waals surface area contributed by atoms with Crippen LogP contribution in [0.5, 0.6) is 5.75 Å². The van der Waals surface area contributed by atoms with Gasteiger partial charge in [-0.1, -0.05) is 12.1 Å². The normalized spacial score (nSPS) is 12.1. The summed E-state index contributed by atoms with van der Waals surface area (Å²) in [6.07, 6.45) is 0. The predicted octanol–water partition coefficient (Wildman–Crippen LogP) is 1.46. The Balaban J connectivity index is 2.63. The van der Waals surface area contributed by atoms with Crippen molar-refractivity contribution in [3.05, 3.63) is 24.3 Å². The highest BCUT2D eigenvalue weighted by Gasteiger charge is 2.15. The van der Waals surface area contributed by atoms with Crippen molar-refractivity contribution in [2.24, 2.45) is 0 Å². The van der Waals surface area contributed by atoms with Crippen molar-refractivity contribution in [3.63, 3.8) is 0 Å². The number of aliphatic carboxylic acids is 1. The minimum Gasteiger partial charge on any atom is -0.496 e. The zero-order chi connectivity index (χ0) is 12.0. The summed E-state index contributed by atoms with van der Waals surface area (Å²) in [7, 11) is 3.24. The molecule has 1 aromatic carbocycles. The van der Waals surface area contributed by atoms with E-state index < -0.39 is 12.0 Å². The van der Waals surface area contributed by atoms with E-state index in [2.05, 4.69) is 5.32 Å². The van der Waals surface area contributed by atoms with Gasteiger partial charge in [0, 0.05) is 10.6 Å². The van der Waals surface area contributed by atoms with E-state index in [-0.39, 0.29) is 0 Å². The summed E-state index contributed by atoms with van der Waals surface area (Å²) in [5, 5.41) is 11.6. The maximum Gasteiger partial charge on any atom is 0.321 e. The lowest BCUT2D eigenvalue weighted by Gasteiger charge is -2.12. The van der Waals surface area contributed by atoms with Crippen molar-refractivity contribution in [2.45, 2.75) is 10.9 Å². The summed E-state index contributed by atoms with van der Waals surface area (Å²) in [5.41, 5.74) is 0. The van der Waals surface area contributed by atoms with Gasteiger partial charge in [0.15, 0.2) is 0 Å². The Morgan fingerprint density at radius 1 is 1.56 bits per heavy atom. The summed E-state index contributed by atoms with van der Waals surface area (Å²) in [5.74, 6) is 0.393. The highest BCUT2D eigenvalue weighted by atomic mass is 32.2. The number of hydrogen-bond acceptors (Lipinski definition) is 4. The van der Waals surface area contributed by atoms with Gasteiger partial charge in [-0.2, -0.15) is 0 Å². The van der Waals surface area contributed by atoms with Crippen molar-refractivity contribution in [2.75, 3.05) is 19.9 Å². The fourth-order valence-corrected chi connectivity index (χ4v) is 2.31. The molecule has 0 saturated heterocycles. The lowest BCUT2D eigenvalue weighted by atomic mass is 10.3. The first-order chi connectivity index (χ1) is 7.69. The standard InChI is InChI=1S/C11H15NO3S/c1-12-8(11(13)14)7-16-10-6-4-3-5-9(10)15-2/h3-6,8,12H,7H2,1-2H3,(H,13,14). The summed E-state index contributed by atoms with van der Waals surface area (Å²) >= 11 is 1.46. The number of nitrogens with one attached hydrogen (secondary N) is 1. The molecule has 16 heavy (non-hydrogen) atoms. The van der Waals surface area contributed by atoms with Crippen LogP contribution in [0.25, 0.3) is 0 Å². The molecule has 0 spiro atoms. The minimum atomic E-state index is -0.843. The molecule has 1 rings (SSSR count). The smallest absolute Gasteiger partial charge is 0.321 e. The molecule has 88 valence electrons. The van der Waals surface area contributed by atoms with Crippen molar-refractivity contribution < 1.29 is 14.6 Å². The number of methoxy groups -OCH3 is 1. The SMILES string of the molecule is CNC(CSc1ccccc1OC)C(=O)O. The molecule has 1 aromatic rings. The zero-order valence-corrected chi connectivity index (χ0v) is 10.1. The Bertz CT molecular complexity index is 357. The molecule has 0 fully saturated rings. The second-order valence-electron chi connectivity index (χ2n) is 3.14. The van der Waals surface area contributed by atoms with Gasteiger partial charge >= 0.3 is 5.97 Å². The number of carbonyl (C=O) groups is 1. The van der Waals surface area contributed by atoms with Crippen molar-refractivity contribution in [3.8, 4) is 5.75 Å². The average molecular weight is 241 g/mol. The molecule has 0 aliphatic carbocycles. The Kier molecular flexibility index (Phi) is 5.14. The molecule has 0 saturated carbocycles. The van der Waals surface area contributed by atoms with Gasteiger partial charge < -0.3 is 15.2 Å². The Morgan fingerprint density at radius 3 is 2.81 bits per heavy atom. The van der Waals surface area contributed by atoms with E-state index in [1.165, 1.54) is 11.8 Å². The number of ether oxygens (including phenoxy) is 1. The number of benzene rings is 1. The molecule has 0 bridgehead atoms. The second kappa shape index (κ2) is 6.40. The summed E-state index contributed by atoms with van der Waals surface area (Å²) in [6.45, 7) is 0. The van der Waals surface area contributed by atoms with E-state index >= 15 is 0 Å². The third kappa shape index (κ3) is 3.43. The van der Waals surface area contributed by atoms with Gasteiger partial charge in [-0.05, 0) is 19.2 Å². The van der Waals surface area contributed by atoms with Crippen molar-refractivity contribution in [1.82, 2.24) is 5.32 Å². The molecule has 1 atom stereocenters. The van der Waals surface area contributed by atoms with Gasteiger partial charge in [-0.3, -0.25) is 4.79 Å². The lowest BCUT2D eigenvalue weighted by molar-refractivity contribution is -0.138. The Hall–Kier alpha value is -1.20. The van der Waals surface area contributed by atoms with Crippen LogP contribution in [0.3, 0.4) is 0 Å². The third-order valence-corrected chi connectivity index (χ3v) is 3.27. The topological polar surface area (TPSA) is 58.6 Å². The van der Waals surface area contributed by atoms with E-state index in [9.17, 15) is 4.79 Å². The van der Waals surface area contributed by atoms with Crippen LogP contribution in [0.15, 0.2) is 29.2 Å². The third-order valence-electron chi connectivity index (χ3n) is 2.12. The molecular weight excluding hydrogens is 226 g/mol. The first-order valence-electron chi connectivity index (χ1n) is 4.85. The lowest BCUT2D eigenvalue weighted by Crippen LogP contribution is -2.35. The van der Waals surface area contributed by atoms with E-state index in [0.717, 1.165) is 10.6 Å². The van der Waals surface area contributed by atoms with Gasteiger partial charge in [0.25, 0.3) is 0 Å². The summed E-state index contributed by atoms with van der Waals surface area (Å²) < 4.78 is 5.18. The number of likely N-dealkylation sites (N-methyl/N-ethyl adjacent to an activating group) is 1. The number of para-hydroxylation sites is 1. The molecule has 0 aliphatic rings. The first kappa shape index (κ1) is 12.9. The molecule has 0 aromatic heterocycles. The maximum atomic E-state index is 10.8. The Labute approximate surface area is 99.0 Å². The fourth-order valence-electron chi connectivity index (χ4n) is 1.19. The largest absolute Gasteiger partial charge is 0.496 e. The van der Waals surface area contributed by atoms with Crippen molar-refractivity contribution >= 4 is 17.7 Å². The number of carboxylic acids is 1. The van der Waals surface area contributed by atoms with E-state index in [1.54, 1.807) is 14.2 Å². The number of rotatable bonds is 6. The number of hydrogen-bond donors (Lipinski definition) is 2. The highest BCUT2D eigenvalue weighted by molar-refractivity contribution is 7.99. The van der Waals surface area contributed by atoms with Crippen LogP contribution in [0.2, 0.25) is 0 Å². The van der Waals surface area contributed by atoms with Crippen LogP contribution in [-0.2, 0) is 4.79 Å². The number of thioether (sulfide) groups is 1. The quantitative estimate of drug-likeness (QED) is 0.738. The predicted molar refractivity (Wildman–Crippen MR) is 64.2 cm³/mol. The summed E-state index contributed by atoms with van der Waals surface area (Å²) in [4.78, 5) is 11.7. The van der Waals surface area contributed by atoms with E-state index in [0.29, 0.717) is 5.75 Å². The van der Waals surface area contributed by atoms with Crippen LogP contribution in [0, 0.1) is 0 Å². The zero-order valence-electron chi connectivity index (χ0n) is 9.27. The van der Waals surface area contributed by atoms with Crippen LogP contribution >= 0.6 is 11.8 Å². The fraction of sp³-hybridized carbons (Fsp3) is 0.364. The van der Waals surface area contributed by atoms with Crippen LogP contribution in [0.4, 0.5) is 0 Å². The molecule has 5 heteroatoms. The van der Waals surface area contributed by atoms with Gasteiger partial charge in [0.2, 0.25) is 0 Å². The average Bonchev–Trinajstić information content (AvgIpc) is 2.30. The monoisotopic (exact) mass is 241 g/mol. The highest BCUT2D eigenvalue weighted by Crippen LogP contribution is 2.28. The van der Waals surface area contributed by atoms with E-state index in [4.69, 9.17) is 9.84 Å². The molecule has 2 N–H and O–H groups in total. The number of carboxylic acid groups (broad SMARTS) is 1. The van der Waals surface area contributed by atoms with E-state index in [1.807, 2.05) is 24.3 Å². The van der Waals surface area contributed by atoms with Crippen molar-refractivity contribution in [1.29, 1.82) is 0 Å². The molecule has 0 amide bonds. The molecule has 0 heterocycles. The van der Waals surface area contributed by atoms with Gasteiger partial charge in [0.05, 0.1) is 7.11 Å². The second-order valence-corrected chi connectivity index (χ2v) is 4.20. The molecule has 1 unspecified atom stereocenters.